The van der Waals surface area contributed by atoms with Crippen molar-refractivity contribution in [3.05, 3.63) is 45.9 Å². The van der Waals surface area contributed by atoms with Crippen LogP contribution in [0.2, 0.25) is 0 Å². The molecule has 0 radical (unpaired) electrons. The lowest BCUT2D eigenvalue weighted by molar-refractivity contribution is 0.597. The highest BCUT2D eigenvalue weighted by Gasteiger charge is 2.05. The van der Waals surface area contributed by atoms with Gasteiger partial charge in [-0.25, -0.2) is 4.98 Å². The molecule has 1 N–H and O–H groups in total. The molecule has 4 heteroatoms. The number of benzene rings is 1. The lowest BCUT2D eigenvalue weighted by Crippen LogP contribution is -2.17. The molecule has 0 bridgehead atoms. The van der Waals surface area contributed by atoms with Crippen molar-refractivity contribution in [1.29, 1.82) is 0 Å². The molecule has 1 aromatic heterocycles. The second-order valence-electron chi connectivity index (χ2n) is 4.50. The highest BCUT2D eigenvalue weighted by molar-refractivity contribution is 7.98. The van der Waals surface area contributed by atoms with Crippen LogP contribution in [0.4, 0.5) is 0 Å². The zero-order valence-corrected chi connectivity index (χ0v) is 13.3. The van der Waals surface area contributed by atoms with Gasteiger partial charge in [-0.3, -0.25) is 0 Å². The molecule has 0 fully saturated rings. The molecular formula is C15H20N2S2. The number of hydrogen-bond acceptors (Lipinski definition) is 4. The van der Waals surface area contributed by atoms with E-state index in [1.54, 1.807) is 11.3 Å². The largest absolute Gasteiger partial charge is 0.310 e. The second kappa shape index (κ2) is 7.08. The van der Waals surface area contributed by atoms with Crippen molar-refractivity contribution in [2.24, 2.45) is 0 Å². The first-order valence-electron chi connectivity index (χ1n) is 6.56. The first-order valence-corrected chi connectivity index (χ1v) is 8.42. The third-order valence-electron chi connectivity index (χ3n) is 2.92. The quantitative estimate of drug-likeness (QED) is 0.798. The Morgan fingerprint density at radius 3 is 2.95 bits per heavy atom. The molecule has 102 valence electrons. The van der Waals surface area contributed by atoms with E-state index >= 15 is 0 Å². The lowest BCUT2D eigenvalue weighted by Gasteiger charge is -2.13. The Balaban J connectivity index is 1.98. The summed E-state index contributed by atoms with van der Waals surface area (Å²) in [6.07, 6.45) is 0. The number of nitrogens with one attached hydrogen (secondary N) is 1. The number of rotatable bonds is 6. The number of thiazole rings is 1. The molecule has 0 saturated heterocycles. The van der Waals surface area contributed by atoms with E-state index in [4.69, 9.17) is 0 Å². The van der Waals surface area contributed by atoms with Crippen LogP contribution in [0.15, 0.2) is 34.5 Å². The molecule has 1 heterocycles. The molecule has 0 aliphatic carbocycles. The van der Waals surface area contributed by atoms with Gasteiger partial charge in [-0.15, -0.1) is 23.1 Å². The Kier molecular flexibility index (Phi) is 5.43. The van der Waals surface area contributed by atoms with Crippen molar-refractivity contribution < 1.29 is 0 Å². The fourth-order valence-corrected chi connectivity index (χ4v) is 3.50. The van der Waals surface area contributed by atoms with E-state index in [1.165, 1.54) is 16.2 Å². The monoisotopic (exact) mass is 292 g/mol. The van der Waals surface area contributed by atoms with Gasteiger partial charge in [0.05, 0.1) is 10.7 Å². The molecule has 0 saturated carbocycles. The predicted octanol–water partition coefficient (Wildman–Crippen LogP) is 4.41. The second-order valence-corrected chi connectivity index (χ2v) is 6.61. The summed E-state index contributed by atoms with van der Waals surface area (Å²) in [6, 6.07) is 9.18. The highest BCUT2D eigenvalue weighted by atomic mass is 32.2. The third-order valence-corrected chi connectivity index (χ3v) is 4.77. The molecular weight excluding hydrogens is 272 g/mol. The Labute approximate surface area is 123 Å². The van der Waals surface area contributed by atoms with Crippen LogP contribution in [0.5, 0.6) is 0 Å². The summed E-state index contributed by atoms with van der Waals surface area (Å²) in [5, 5.41) is 6.74. The molecule has 19 heavy (non-hydrogen) atoms. The van der Waals surface area contributed by atoms with Crippen LogP contribution in [0, 0.1) is 6.92 Å². The van der Waals surface area contributed by atoms with E-state index in [1.807, 2.05) is 11.8 Å². The van der Waals surface area contributed by atoms with Gasteiger partial charge in [-0.2, -0.15) is 0 Å². The Morgan fingerprint density at radius 1 is 1.42 bits per heavy atom. The van der Waals surface area contributed by atoms with Crippen LogP contribution in [0.25, 0.3) is 0 Å². The Hall–Kier alpha value is -0.840. The highest BCUT2D eigenvalue weighted by Crippen LogP contribution is 2.26. The molecule has 1 atom stereocenters. The SMILES string of the molecule is CCNC(C)c1cccc(SCc2csc(C)n2)c1. The van der Waals surface area contributed by atoms with Crippen LogP contribution in [0.1, 0.15) is 36.2 Å². The number of aryl methyl sites for hydroxylation is 1. The minimum Gasteiger partial charge on any atom is -0.310 e. The first-order chi connectivity index (χ1) is 9.19. The molecule has 1 aromatic carbocycles. The van der Waals surface area contributed by atoms with Crippen molar-refractivity contribution in [3.8, 4) is 0 Å². The average Bonchev–Trinajstić information content (AvgIpc) is 2.83. The van der Waals surface area contributed by atoms with Gasteiger partial charge in [0.25, 0.3) is 0 Å². The van der Waals surface area contributed by atoms with Crippen LogP contribution in [0.3, 0.4) is 0 Å². The average molecular weight is 292 g/mol. The maximum absolute atomic E-state index is 4.50. The summed E-state index contributed by atoms with van der Waals surface area (Å²) >= 11 is 3.57. The van der Waals surface area contributed by atoms with Crippen LogP contribution in [-0.4, -0.2) is 11.5 Å². The topological polar surface area (TPSA) is 24.9 Å². The van der Waals surface area contributed by atoms with Gasteiger partial charge in [-0.1, -0.05) is 19.1 Å². The van der Waals surface area contributed by atoms with Crippen LogP contribution in [-0.2, 0) is 5.75 Å². The molecule has 0 aliphatic heterocycles. The van der Waals surface area contributed by atoms with Crippen molar-refractivity contribution in [2.75, 3.05) is 6.54 Å². The molecule has 0 aliphatic rings. The minimum atomic E-state index is 0.409. The summed E-state index contributed by atoms with van der Waals surface area (Å²) < 4.78 is 0. The molecule has 2 rings (SSSR count). The summed E-state index contributed by atoms with van der Waals surface area (Å²) in [7, 11) is 0. The molecule has 2 nitrogen and oxygen atoms in total. The van der Waals surface area contributed by atoms with Gasteiger partial charge in [0.15, 0.2) is 0 Å². The molecule has 1 unspecified atom stereocenters. The van der Waals surface area contributed by atoms with Crippen molar-refractivity contribution in [3.63, 3.8) is 0 Å². The fourth-order valence-electron chi connectivity index (χ4n) is 1.93. The molecule has 0 spiro atoms. The van der Waals surface area contributed by atoms with E-state index < -0.39 is 0 Å². The van der Waals surface area contributed by atoms with Gasteiger partial charge in [0.2, 0.25) is 0 Å². The van der Waals surface area contributed by atoms with Gasteiger partial charge in [0, 0.05) is 22.1 Å². The van der Waals surface area contributed by atoms with Crippen molar-refractivity contribution in [2.45, 2.75) is 37.5 Å². The van der Waals surface area contributed by atoms with E-state index in [0.29, 0.717) is 6.04 Å². The summed E-state index contributed by atoms with van der Waals surface area (Å²) in [4.78, 5) is 5.81. The summed E-state index contributed by atoms with van der Waals surface area (Å²) in [5.41, 5.74) is 2.53. The minimum absolute atomic E-state index is 0.409. The fraction of sp³-hybridized carbons (Fsp3) is 0.400. The lowest BCUT2D eigenvalue weighted by atomic mass is 10.1. The Bertz CT molecular complexity index is 522. The van der Waals surface area contributed by atoms with Gasteiger partial charge in [0.1, 0.15) is 0 Å². The van der Waals surface area contributed by atoms with Crippen LogP contribution >= 0.6 is 23.1 Å². The van der Waals surface area contributed by atoms with Gasteiger partial charge < -0.3 is 5.32 Å². The van der Waals surface area contributed by atoms with Crippen molar-refractivity contribution >= 4 is 23.1 Å². The smallest absolute Gasteiger partial charge is 0.0897 e. The maximum atomic E-state index is 4.50. The maximum Gasteiger partial charge on any atom is 0.0897 e. The summed E-state index contributed by atoms with van der Waals surface area (Å²) in [6.45, 7) is 7.39. The van der Waals surface area contributed by atoms with Gasteiger partial charge >= 0.3 is 0 Å². The van der Waals surface area contributed by atoms with E-state index in [0.717, 1.165) is 17.3 Å². The van der Waals surface area contributed by atoms with E-state index in [-0.39, 0.29) is 0 Å². The van der Waals surface area contributed by atoms with E-state index in [9.17, 15) is 0 Å². The zero-order chi connectivity index (χ0) is 13.7. The standard InChI is InChI=1S/C15H20N2S2/c1-4-16-11(2)13-6-5-7-15(8-13)19-10-14-9-18-12(3)17-14/h5-9,11,16H,4,10H2,1-3H3. The Morgan fingerprint density at radius 2 is 2.26 bits per heavy atom. The normalized spacial score (nSPS) is 12.6. The number of thioether (sulfide) groups is 1. The number of nitrogens with zero attached hydrogens (tertiary/aromatic N) is 1. The number of aromatic nitrogens is 1. The first kappa shape index (κ1) is 14.6. The molecule has 2 aromatic rings. The van der Waals surface area contributed by atoms with E-state index in [2.05, 4.69) is 60.7 Å². The molecule has 0 amide bonds. The van der Waals surface area contributed by atoms with Crippen molar-refractivity contribution in [1.82, 2.24) is 10.3 Å². The third kappa shape index (κ3) is 4.34. The summed E-state index contributed by atoms with van der Waals surface area (Å²) in [5.74, 6) is 0.948. The predicted molar refractivity (Wildman–Crippen MR) is 84.9 cm³/mol. The zero-order valence-electron chi connectivity index (χ0n) is 11.6. The number of hydrogen-bond donors (Lipinski definition) is 1. The van der Waals surface area contributed by atoms with Gasteiger partial charge in [-0.05, 0) is 38.1 Å². The van der Waals surface area contributed by atoms with Crippen LogP contribution < -0.4 is 5.32 Å².